The number of hydrogen-bond donors (Lipinski definition) is 2. The van der Waals surface area contributed by atoms with Crippen molar-refractivity contribution in [2.75, 3.05) is 13.1 Å². The maximum atomic E-state index is 13.2. The number of hydrazine groups is 1. The summed E-state index contributed by atoms with van der Waals surface area (Å²) < 4.78 is 27.8. The van der Waals surface area contributed by atoms with Gasteiger partial charge >= 0.3 is 6.03 Å². The van der Waals surface area contributed by atoms with Gasteiger partial charge in [-0.25, -0.2) is 13.2 Å². The summed E-state index contributed by atoms with van der Waals surface area (Å²) in [4.78, 5) is 38.6. The molecule has 0 saturated carbocycles. The van der Waals surface area contributed by atoms with E-state index in [1.807, 2.05) is 30.3 Å². The Morgan fingerprint density at radius 3 is 2.43 bits per heavy atom. The van der Waals surface area contributed by atoms with Gasteiger partial charge in [-0.3, -0.25) is 15.0 Å². The van der Waals surface area contributed by atoms with Crippen LogP contribution in [0.5, 0.6) is 0 Å². The highest BCUT2D eigenvalue weighted by Crippen LogP contribution is 2.25. The molecule has 9 nitrogen and oxygen atoms in total. The maximum Gasteiger partial charge on any atom is 0.344 e. The lowest BCUT2D eigenvalue weighted by molar-refractivity contribution is -0.132. The molecule has 2 saturated heterocycles. The zero-order chi connectivity index (χ0) is 25.2. The van der Waals surface area contributed by atoms with E-state index in [9.17, 15) is 22.8 Å². The van der Waals surface area contributed by atoms with E-state index >= 15 is 0 Å². The summed E-state index contributed by atoms with van der Waals surface area (Å²) in [5, 5.41) is 3.34. The molecule has 4 amide bonds. The molecule has 35 heavy (non-hydrogen) atoms. The fourth-order valence-corrected chi connectivity index (χ4v) is 6.19. The van der Waals surface area contributed by atoms with Crippen LogP contribution in [-0.4, -0.2) is 54.2 Å². The first-order valence-corrected chi connectivity index (χ1v) is 13.2. The number of amides is 4. The van der Waals surface area contributed by atoms with Crippen LogP contribution in [0, 0.1) is 6.92 Å². The normalized spacial score (nSPS) is 21.1. The van der Waals surface area contributed by atoms with E-state index in [-0.39, 0.29) is 10.5 Å². The van der Waals surface area contributed by atoms with Crippen molar-refractivity contribution in [3.05, 3.63) is 65.2 Å². The third-order valence-corrected chi connectivity index (χ3v) is 8.65. The zero-order valence-corrected chi connectivity index (χ0v) is 20.7. The number of carbonyl (C=O) groups is 3. The Morgan fingerprint density at radius 1 is 1.06 bits per heavy atom. The molecule has 2 aliphatic heterocycles. The van der Waals surface area contributed by atoms with Crippen molar-refractivity contribution < 1.29 is 22.8 Å². The van der Waals surface area contributed by atoms with Crippen LogP contribution >= 0.6 is 0 Å². The van der Waals surface area contributed by atoms with Gasteiger partial charge in [-0.15, -0.1) is 0 Å². The number of piperidine rings is 1. The highest BCUT2D eigenvalue weighted by Gasteiger charge is 2.48. The number of rotatable bonds is 7. The SMILES string of the molecule is Cc1ccc(C(=O)NN2C(=O)N[C@@](C)(CCc3ccccc3)C2=O)cc1S(=O)(=O)N1CCCCC1. The molecule has 2 aliphatic rings. The van der Waals surface area contributed by atoms with Gasteiger partial charge in [0.15, 0.2) is 0 Å². The summed E-state index contributed by atoms with van der Waals surface area (Å²) in [5.41, 5.74) is 2.78. The smallest absolute Gasteiger partial charge is 0.322 e. The molecule has 2 aromatic rings. The molecular formula is C25H30N4O5S. The second-order valence-corrected chi connectivity index (χ2v) is 11.2. The molecule has 2 N–H and O–H groups in total. The monoisotopic (exact) mass is 498 g/mol. The standard InChI is InChI=1S/C25H30N4O5S/c1-18-11-12-20(17-21(18)35(33,34)28-15-7-4-8-16-28)22(30)27-29-23(31)25(2,26-24(29)32)14-13-19-9-5-3-6-10-19/h3,5-6,9-12,17H,4,7-8,13-16H2,1-2H3,(H,26,32)(H,27,30)/t25-/m0/s1. The maximum absolute atomic E-state index is 13.2. The van der Waals surface area contributed by atoms with Crippen LogP contribution in [0.15, 0.2) is 53.4 Å². The first-order chi connectivity index (χ1) is 16.6. The summed E-state index contributed by atoms with van der Waals surface area (Å²) in [6.45, 7) is 4.19. The molecule has 2 heterocycles. The fraction of sp³-hybridized carbons (Fsp3) is 0.400. The first kappa shape index (κ1) is 24.9. The zero-order valence-electron chi connectivity index (χ0n) is 19.9. The number of sulfonamides is 1. The number of imide groups is 1. The van der Waals surface area contributed by atoms with Crippen molar-refractivity contribution >= 4 is 27.9 Å². The van der Waals surface area contributed by atoms with Crippen LogP contribution < -0.4 is 10.7 Å². The second-order valence-electron chi connectivity index (χ2n) is 9.27. The van der Waals surface area contributed by atoms with Gasteiger partial charge in [0.25, 0.3) is 11.8 Å². The van der Waals surface area contributed by atoms with Crippen molar-refractivity contribution in [1.29, 1.82) is 0 Å². The van der Waals surface area contributed by atoms with Gasteiger partial charge in [0.1, 0.15) is 5.54 Å². The van der Waals surface area contributed by atoms with Crippen LogP contribution in [-0.2, 0) is 21.2 Å². The quantitative estimate of drug-likeness (QED) is 0.570. The number of nitrogens with one attached hydrogen (secondary N) is 2. The Labute approximate surface area is 205 Å². The Balaban J connectivity index is 1.49. The van der Waals surface area contributed by atoms with Crippen LogP contribution in [0.4, 0.5) is 4.79 Å². The molecule has 4 rings (SSSR count). The van der Waals surface area contributed by atoms with Gasteiger partial charge in [-0.05, 0) is 62.8 Å². The molecule has 186 valence electrons. The van der Waals surface area contributed by atoms with Gasteiger partial charge < -0.3 is 5.32 Å². The van der Waals surface area contributed by atoms with Gasteiger partial charge in [-0.2, -0.15) is 9.31 Å². The highest BCUT2D eigenvalue weighted by molar-refractivity contribution is 7.89. The minimum absolute atomic E-state index is 0.0460. The summed E-state index contributed by atoms with van der Waals surface area (Å²) in [7, 11) is -3.76. The molecule has 2 fully saturated rings. The van der Waals surface area contributed by atoms with Gasteiger partial charge in [0.2, 0.25) is 10.0 Å². The van der Waals surface area contributed by atoms with Crippen molar-refractivity contribution in [2.45, 2.75) is 56.4 Å². The van der Waals surface area contributed by atoms with Crippen molar-refractivity contribution in [1.82, 2.24) is 20.1 Å². The summed E-state index contributed by atoms with van der Waals surface area (Å²) in [6.07, 6.45) is 3.52. The molecule has 10 heteroatoms. The lowest BCUT2D eigenvalue weighted by Crippen LogP contribution is -2.49. The lowest BCUT2D eigenvalue weighted by atomic mass is 9.93. The molecule has 0 spiro atoms. The Kier molecular flexibility index (Phi) is 6.95. The summed E-state index contributed by atoms with van der Waals surface area (Å²) in [6, 6.07) is 13.2. The number of carbonyl (C=O) groups excluding carboxylic acids is 3. The van der Waals surface area contributed by atoms with E-state index < -0.39 is 33.4 Å². The van der Waals surface area contributed by atoms with Crippen LogP contribution in [0.1, 0.15) is 54.1 Å². The van der Waals surface area contributed by atoms with E-state index in [0.717, 1.165) is 24.8 Å². The van der Waals surface area contributed by atoms with E-state index in [4.69, 9.17) is 0 Å². The number of nitrogens with zero attached hydrogens (tertiary/aromatic N) is 2. The lowest BCUT2D eigenvalue weighted by Gasteiger charge is -2.26. The fourth-order valence-electron chi connectivity index (χ4n) is 4.42. The molecular weight excluding hydrogens is 468 g/mol. The number of aryl methyl sites for hydroxylation is 2. The van der Waals surface area contributed by atoms with Crippen LogP contribution in [0.2, 0.25) is 0 Å². The van der Waals surface area contributed by atoms with Crippen LogP contribution in [0.3, 0.4) is 0 Å². The molecule has 2 aromatic carbocycles. The van der Waals surface area contributed by atoms with Crippen molar-refractivity contribution in [2.24, 2.45) is 0 Å². The van der Waals surface area contributed by atoms with Gasteiger partial charge in [0.05, 0.1) is 4.90 Å². The van der Waals surface area contributed by atoms with Gasteiger partial charge in [-0.1, -0.05) is 42.8 Å². The third kappa shape index (κ3) is 5.08. The predicted molar refractivity (Wildman–Crippen MR) is 130 cm³/mol. The molecule has 1 atom stereocenters. The summed E-state index contributed by atoms with van der Waals surface area (Å²) in [5.74, 6) is -1.31. The number of urea groups is 1. The van der Waals surface area contributed by atoms with Gasteiger partial charge in [0, 0.05) is 18.7 Å². The molecule has 0 aliphatic carbocycles. The second kappa shape index (κ2) is 9.79. The average Bonchev–Trinajstić information content (AvgIpc) is 3.07. The van der Waals surface area contributed by atoms with E-state index in [0.29, 0.717) is 36.5 Å². The Hall–Kier alpha value is -3.24. The topological polar surface area (TPSA) is 116 Å². The largest absolute Gasteiger partial charge is 0.344 e. The number of benzene rings is 2. The third-order valence-electron chi connectivity index (χ3n) is 6.61. The summed E-state index contributed by atoms with van der Waals surface area (Å²) >= 11 is 0. The van der Waals surface area contributed by atoms with Crippen molar-refractivity contribution in [3.63, 3.8) is 0 Å². The molecule has 0 bridgehead atoms. The van der Waals surface area contributed by atoms with Crippen molar-refractivity contribution in [3.8, 4) is 0 Å². The highest BCUT2D eigenvalue weighted by atomic mass is 32.2. The first-order valence-electron chi connectivity index (χ1n) is 11.7. The Bertz CT molecular complexity index is 1240. The molecule has 0 radical (unpaired) electrons. The molecule has 0 unspecified atom stereocenters. The number of hydrogen-bond acceptors (Lipinski definition) is 5. The minimum Gasteiger partial charge on any atom is -0.322 e. The minimum atomic E-state index is -3.76. The predicted octanol–water partition coefficient (Wildman–Crippen LogP) is 2.76. The van der Waals surface area contributed by atoms with E-state index in [1.54, 1.807) is 19.9 Å². The average molecular weight is 499 g/mol. The van der Waals surface area contributed by atoms with Crippen LogP contribution in [0.25, 0.3) is 0 Å². The van der Waals surface area contributed by atoms with E-state index in [2.05, 4.69) is 10.7 Å². The molecule has 0 aromatic heterocycles. The van der Waals surface area contributed by atoms with E-state index in [1.165, 1.54) is 16.4 Å². The Morgan fingerprint density at radius 2 is 1.74 bits per heavy atom.